The fourth-order valence-electron chi connectivity index (χ4n) is 2.32. The molecular weight excluding hydrogens is 260 g/mol. The molecule has 0 saturated carbocycles. The van der Waals surface area contributed by atoms with Crippen molar-refractivity contribution in [1.82, 2.24) is 19.6 Å². The molecule has 1 aliphatic rings. The van der Waals surface area contributed by atoms with E-state index < -0.39 is 6.04 Å². The highest BCUT2D eigenvalue weighted by atomic mass is 16.2. The molecule has 1 aromatic rings. The van der Waals surface area contributed by atoms with E-state index in [1.807, 2.05) is 6.92 Å². The minimum Gasteiger partial charge on any atom is -0.326 e. The van der Waals surface area contributed by atoms with Crippen LogP contribution in [-0.2, 0) is 16.6 Å². The molecule has 20 heavy (non-hydrogen) atoms. The maximum absolute atomic E-state index is 12.5. The molecule has 1 fully saturated rings. The third kappa shape index (κ3) is 2.43. The summed E-state index contributed by atoms with van der Waals surface area (Å²) in [4.78, 5) is 38.7. The molecule has 7 nitrogen and oxygen atoms in total. The van der Waals surface area contributed by atoms with Gasteiger partial charge >= 0.3 is 0 Å². The molecule has 1 atom stereocenters. The van der Waals surface area contributed by atoms with Crippen molar-refractivity contribution in [3.05, 3.63) is 18.0 Å². The van der Waals surface area contributed by atoms with E-state index in [0.29, 0.717) is 18.5 Å². The summed E-state index contributed by atoms with van der Waals surface area (Å²) in [5.41, 5.74) is 0.427. The van der Waals surface area contributed by atoms with Crippen molar-refractivity contribution >= 4 is 17.7 Å². The zero-order chi connectivity index (χ0) is 14.9. The molecule has 0 bridgehead atoms. The largest absolute Gasteiger partial charge is 0.326 e. The normalized spacial score (nSPS) is 18.8. The Labute approximate surface area is 117 Å². The Morgan fingerprint density at radius 2 is 2.15 bits per heavy atom. The van der Waals surface area contributed by atoms with Crippen LogP contribution in [0, 0.1) is 0 Å². The first-order valence-corrected chi connectivity index (χ1v) is 6.55. The SMILES string of the molecule is CCCN(C(=O)c1cnn(C)c1)C1CC(=O)N(C)C1=O. The molecule has 1 aromatic heterocycles. The molecular formula is C13H18N4O3. The number of aryl methyl sites for hydroxylation is 1. The van der Waals surface area contributed by atoms with Crippen LogP contribution in [0.4, 0.5) is 0 Å². The van der Waals surface area contributed by atoms with Crippen LogP contribution >= 0.6 is 0 Å². The minimum absolute atomic E-state index is 0.0569. The molecule has 1 aliphatic heterocycles. The fourth-order valence-corrected chi connectivity index (χ4v) is 2.32. The summed E-state index contributed by atoms with van der Waals surface area (Å²) in [6, 6.07) is -0.694. The van der Waals surface area contributed by atoms with Gasteiger partial charge in [0, 0.05) is 26.8 Å². The van der Waals surface area contributed by atoms with Crippen molar-refractivity contribution in [2.24, 2.45) is 7.05 Å². The summed E-state index contributed by atoms with van der Waals surface area (Å²) in [5.74, 6) is -0.831. The predicted octanol–water partition coefficient (Wildman–Crippen LogP) is 0.0296. The van der Waals surface area contributed by atoms with Crippen molar-refractivity contribution in [3.63, 3.8) is 0 Å². The zero-order valence-corrected chi connectivity index (χ0v) is 11.9. The van der Waals surface area contributed by atoms with Gasteiger partial charge in [0.2, 0.25) is 5.91 Å². The van der Waals surface area contributed by atoms with Gasteiger partial charge in [-0.05, 0) is 6.42 Å². The van der Waals surface area contributed by atoms with E-state index in [1.54, 1.807) is 13.2 Å². The minimum atomic E-state index is -0.694. The Balaban J connectivity index is 2.25. The number of carbonyl (C=O) groups excluding carboxylic acids is 3. The lowest BCUT2D eigenvalue weighted by atomic mass is 10.1. The number of likely N-dealkylation sites (N-methyl/N-ethyl adjacent to an activating group) is 1. The second-order valence-corrected chi connectivity index (χ2v) is 4.91. The lowest BCUT2D eigenvalue weighted by Gasteiger charge is -2.26. The third-order valence-corrected chi connectivity index (χ3v) is 3.41. The number of hydrogen-bond donors (Lipinski definition) is 0. The summed E-state index contributed by atoms with van der Waals surface area (Å²) in [6.45, 7) is 2.36. The van der Waals surface area contributed by atoms with Crippen LogP contribution in [0.25, 0.3) is 0 Å². The standard InChI is InChI=1S/C13H18N4O3/c1-4-5-17(10-6-11(18)16(3)13(10)20)12(19)9-7-14-15(2)8-9/h7-8,10H,4-6H2,1-3H3. The average molecular weight is 278 g/mol. The summed E-state index contributed by atoms with van der Waals surface area (Å²) in [6.07, 6.45) is 3.85. The van der Waals surface area contributed by atoms with E-state index in [9.17, 15) is 14.4 Å². The predicted molar refractivity (Wildman–Crippen MR) is 70.7 cm³/mol. The molecule has 0 radical (unpaired) electrons. The van der Waals surface area contributed by atoms with Crippen LogP contribution in [0.15, 0.2) is 12.4 Å². The molecule has 7 heteroatoms. The first-order valence-electron chi connectivity index (χ1n) is 6.55. The van der Waals surface area contributed by atoms with Crippen LogP contribution in [0.5, 0.6) is 0 Å². The number of hydrogen-bond acceptors (Lipinski definition) is 4. The summed E-state index contributed by atoms with van der Waals surface area (Å²) < 4.78 is 1.53. The molecule has 1 unspecified atom stereocenters. The maximum Gasteiger partial charge on any atom is 0.257 e. The van der Waals surface area contributed by atoms with E-state index in [2.05, 4.69) is 5.10 Å². The Kier molecular flexibility index (Phi) is 3.87. The van der Waals surface area contributed by atoms with Crippen molar-refractivity contribution in [2.75, 3.05) is 13.6 Å². The highest BCUT2D eigenvalue weighted by Crippen LogP contribution is 2.19. The highest BCUT2D eigenvalue weighted by Gasteiger charge is 2.41. The lowest BCUT2D eigenvalue weighted by molar-refractivity contribution is -0.137. The molecule has 2 heterocycles. The van der Waals surface area contributed by atoms with E-state index in [0.717, 1.165) is 4.90 Å². The molecule has 1 saturated heterocycles. The van der Waals surface area contributed by atoms with Crippen LogP contribution < -0.4 is 0 Å². The monoisotopic (exact) mass is 278 g/mol. The Bertz CT molecular complexity index is 552. The van der Waals surface area contributed by atoms with Crippen LogP contribution in [-0.4, -0.2) is 56.9 Å². The third-order valence-electron chi connectivity index (χ3n) is 3.41. The van der Waals surface area contributed by atoms with Gasteiger partial charge in [0.15, 0.2) is 0 Å². The lowest BCUT2D eigenvalue weighted by Crippen LogP contribution is -2.45. The summed E-state index contributed by atoms with van der Waals surface area (Å²) >= 11 is 0. The Hall–Kier alpha value is -2.18. The number of likely N-dealkylation sites (tertiary alicyclic amines) is 1. The topological polar surface area (TPSA) is 75.5 Å². The summed E-state index contributed by atoms with van der Waals surface area (Å²) in [7, 11) is 3.17. The highest BCUT2D eigenvalue weighted by molar-refractivity contribution is 6.07. The van der Waals surface area contributed by atoms with Crippen LogP contribution in [0.3, 0.4) is 0 Å². The molecule has 0 aliphatic carbocycles. The van der Waals surface area contributed by atoms with Gasteiger partial charge in [0.05, 0.1) is 18.2 Å². The summed E-state index contributed by atoms with van der Waals surface area (Å²) in [5, 5.41) is 3.96. The fraction of sp³-hybridized carbons (Fsp3) is 0.538. The van der Waals surface area contributed by atoms with Crippen molar-refractivity contribution in [3.8, 4) is 0 Å². The van der Waals surface area contributed by atoms with Crippen LogP contribution in [0.1, 0.15) is 30.1 Å². The zero-order valence-electron chi connectivity index (χ0n) is 11.9. The quantitative estimate of drug-likeness (QED) is 0.728. The van der Waals surface area contributed by atoms with Gasteiger partial charge in [0.1, 0.15) is 6.04 Å². The van der Waals surface area contributed by atoms with Gasteiger partial charge in [-0.3, -0.25) is 24.0 Å². The molecule has 2 rings (SSSR count). The first-order chi connectivity index (χ1) is 9.45. The number of aromatic nitrogens is 2. The Morgan fingerprint density at radius 3 is 2.60 bits per heavy atom. The van der Waals surface area contributed by atoms with E-state index in [4.69, 9.17) is 0 Å². The van der Waals surface area contributed by atoms with Gasteiger partial charge in [0.25, 0.3) is 11.8 Å². The van der Waals surface area contributed by atoms with Gasteiger partial charge in [-0.15, -0.1) is 0 Å². The van der Waals surface area contributed by atoms with Crippen molar-refractivity contribution in [1.29, 1.82) is 0 Å². The first kappa shape index (κ1) is 14.2. The second-order valence-electron chi connectivity index (χ2n) is 4.91. The van der Waals surface area contributed by atoms with Crippen molar-refractivity contribution < 1.29 is 14.4 Å². The number of nitrogens with zero attached hydrogens (tertiary/aromatic N) is 4. The maximum atomic E-state index is 12.5. The number of rotatable bonds is 4. The van der Waals surface area contributed by atoms with Gasteiger partial charge in [-0.1, -0.05) is 6.92 Å². The number of imide groups is 1. The van der Waals surface area contributed by atoms with E-state index in [1.165, 1.54) is 22.8 Å². The average Bonchev–Trinajstić information content (AvgIpc) is 2.95. The Morgan fingerprint density at radius 1 is 1.45 bits per heavy atom. The van der Waals surface area contributed by atoms with Gasteiger partial charge in [-0.25, -0.2) is 0 Å². The molecule has 0 N–H and O–H groups in total. The van der Waals surface area contributed by atoms with E-state index >= 15 is 0 Å². The molecule has 108 valence electrons. The van der Waals surface area contributed by atoms with Crippen molar-refractivity contribution in [2.45, 2.75) is 25.8 Å². The number of amides is 3. The van der Waals surface area contributed by atoms with Crippen LogP contribution in [0.2, 0.25) is 0 Å². The smallest absolute Gasteiger partial charge is 0.257 e. The van der Waals surface area contributed by atoms with Gasteiger partial charge in [-0.2, -0.15) is 5.10 Å². The molecule has 3 amide bonds. The molecule has 0 aromatic carbocycles. The van der Waals surface area contributed by atoms with Gasteiger partial charge < -0.3 is 4.90 Å². The van der Waals surface area contributed by atoms with E-state index in [-0.39, 0.29) is 24.1 Å². The second kappa shape index (κ2) is 5.44. The number of carbonyl (C=O) groups is 3. The molecule has 0 spiro atoms.